The fourth-order valence-electron chi connectivity index (χ4n) is 5.34. The van der Waals surface area contributed by atoms with E-state index in [0.29, 0.717) is 42.7 Å². The van der Waals surface area contributed by atoms with E-state index in [1.807, 2.05) is 4.90 Å². The van der Waals surface area contributed by atoms with E-state index in [4.69, 9.17) is 4.74 Å². The number of likely N-dealkylation sites (tertiary alicyclic amines) is 1. The van der Waals surface area contributed by atoms with Gasteiger partial charge in [-0.25, -0.2) is 4.79 Å². The highest BCUT2D eigenvalue weighted by atomic mass is 16.5. The lowest BCUT2D eigenvalue weighted by molar-refractivity contribution is -0.102. The maximum Gasteiger partial charge on any atom is 0.337 e. The third-order valence-electron chi connectivity index (χ3n) is 6.40. The van der Waals surface area contributed by atoms with E-state index >= 15 is 0 Å². The number of carbonyl (C=O) groups is 2. The summed E-state index contributed by atoms with van der Waals surface area (Å²) in [5, 5.41) is 10.3. The summed E-state index contributed by atoms with van der Waals surface area (Å²) in [6, 6.07) is 7.08. The number of hydrogen-bond acceptors (Lipinski definition) is 6. The van der Waals surface area contributed by atoms with Gasteiger partial charge in [0.25, 0.3) is 5.91 Å². The summed E-state index contributed by atoms with van der Waals surface area (Å²) in [5.74, 6) is 0.0905. The number of piperazine rings is 1. The Morgan fingerprint density at radius 2 is 1.93 bits per heavy atom. The zero-order valence-electron chi connectivity index (χ0n) is 17.5. The summed E-state index contributed by atoms with van der Waals surface area (Å²) in [6.45, 7) is 9.43. The second-order valence-electron chi connectivity index (χ2n) is 9.24. The van der Waals surface area contributed by atoms with Crippen molar-refractivity contribution < 1.29 is 19.4 Å². The number of aliphatic hydroxyl groups is 1. The molecule has 1 N–H and O–H groups in total. The van der Waals surface area contributed by atoms with Gasteiger partial charge in [0, 0.05) is 50.9 Å². The molecule has 3 aliphatic rings. The van der Waals surface area contributed by atoms with Crippen LogP contribution in [-0.4, -0.2) is 95.7 Å². The highest BCUT2D eigenvalue weighted by molar-refractivity contribution is 5.98. The summed E-state index contributed by atoms with van der Waals surface area (Å²) in [5.41, 5.74) is 0.818. The van der Waals surface area contributed by atoms with Crippen molar-refractivity contribution in [2.75, 3.05) is 46.4 Å². The van der Waals surface area contributed by atoms with Gasteiger partial charge in [0.1, 0.15) is 0 Å². The first-order chi connectivity index (χ1) is 13.8. The van der Waals surface area contributed by atoms with Crippen LogP contribution in [0, 0.1) is 5.92 Å². The standard InChI is InChI=1S/C22H31N3O4/c1-15(2)9-23-10-18-8-19(26)11-25(18)22(12-23)13-24(14-22)20(27)16-5-4-6-17(7-16)21(28)29-3/h4-7,15,18-19,26H,8-14H2,1-3H3/t18-,19+/m0/s1. The molecule has 3 aliphatic heterocycles. The molecule has 1 spiro atoms. The Morgan fingerprint density at radius 1 is 1.21 bits per heavy atom. The lowest BCUT2D eigenvalue weighted by Gasteiger charge is -2.61. The van der Waals surface area contributed by atoms with Crippen LogP contribution < -0.4 is 0 Å². The van der Waals surface area contributed by atoms with E-state index in [1.165, 1.54) is 7.11 Å². The Labute approximate surface area is 172 Å². The maximum atomic E-state index is 13.0. The molecule has 1 aromatic rings. The van der Waals surface area contributed by atoms with Crippen LogP contribution >= 0.6 is 0 Å². The highest BCUT2D eigenvalue weighted by Gasteiger charge is 2.57. The van der Waals surface area contributed by atoms with Crippen LogP contribution in [0.5, 0.6) is 0 Å². The smallest absolute Gasteiger partial charge is 0.337 e. The molecule has 0 aliphatic carbocycles. The number of aliphatic hydroxyl groups excluding tert-OH is 1. The van der Waals surface area contributed by atoms with E-state index in [0.717, 1.165) is 26.1 Å². The molecule has 158 valence electrons. The number of benzene rings is 1. The molecular weight excluding hydrogens is 370 g/mol. The van der Waals surface area contributed by atoms with Crippen molar-refractivity contribution in [2.45, 2.75) is 38.0 Å². The average Bonchev–Trinajstić information content (AvgIpc) is 3.04. The quantitative estimate of drug-likeness (QED) is 0.761. The van der Waals surface area contributed by atoms with Crippen LogP contribution in [0.25, 0.3) is 0 Å². The van der Waals surface area contributed by atoms with Crippen molar-refractivity contribution in [1.29, 1.82) is 0 Å². The number of nitrogens with zero attached hydrogens (tertiary/aromatic N) is 3. The summed E-state index contributed by atoms with van der Waals surface area (Å²) in [6.07, 6.45) is 0.531. The molecule has 0 radical (unpaired) electrons. The van der Waals surface area contributed by atoms with E-state index < -0.39 is 5.97 Å². The van der Waals surface area contributed by atoms with Crippen molar-refractivity contribution in [3.05, 3.63) is 35.4 Å². The second-order valence-corrected chi connectivity index (χ2v) is 9.24. The van der Waals surface area contributed by atoms with Gasteiger partial charge in [0.2, 0.25) is 0 Å². The molecule has 7 nitrogen and oxygen atoms in total. The normalized spacial score (nSPS) is 26.4. The first-order valence-corrected chi connectivity index (χ1v) is 10.5. The van der Waals surface area contributed by atoms with Crippen LogP contribution in [0.4, 0.5) is 0 Å². The van der Waals surface area contributed by atoms with Crippen LogP contribution in [0.2, 0.25) is 0 Å². The summed E-state index contributed by atoms with van der Waals surface area (Å²) >= 11 is 0. The van der Waals surface area contributed by atoms with Gasteiger partial charge in [-0.15, -0.1) is 0 Å². The molecule has 0 saturated carbocycles. The summed E-state index contributed by atoms with van der Waals surface area (Å²) in [4.78, 5) is 31.6. The molecular formula is C22H31N3O4. The molecule has 3 heterocycles. The molecule has 0 bridgehead atoms. The number of ether oxygens (including phenoxy) is 1. The maximum absolute atomic E-state index is 13.0. The number of methoxy groups -OCH3 is 1. The molecule has 0 unspecified atom stereocenters. The lowest BCUT2D eigenvalue weighted by Crippen LogP contribution is -2.78. The van der Waals surface area contributed by atoms with Crippen molar-refractivity contribution in [3.8, 4) is 0 Å². The fraction of sp³-hybridized carbons (Fsp3) is 0.636. The Bertz CT molecular complexity index is 790. The molecule has 2 atom stereocenters. The van der Waals surface area contributed by atoms with Crippen molar-refractivity contribution in [3.63, 3.8) is 0 Å². The van der Waals surface area contributed by atoms with E-state index in [1.54, 1.807) is 24.3 Å². The first kappa shape index (κ1) is 20.3. The number of fused-ring (bicyclic) bond motifs is 2. The van der Waals surface area contributed by atoms with Crippen LogP contribution in [0.3, 0.4) is 0 Å². The van der Waals surface area contributed by atoms with E-state index in [-0.39, 0.29) is 17.6 Å². The first-order valence-electron chi connectivity index (χ1n) is 10.5. The topological polar surface area (TPSA) is 73.3 Å². The van der Waals surface area contributed by atoms with Crippen molar-refractivity contribution in [2.24, 2.45) is 5.92 Å². The number of carbonyl (C=O) groups excluding carboxylic acids is 2. The molecule has 29 heavy (non-hydrogen) atoms. The molecule has 7 heteroatoms. The van der Waals surface area contributed by atoms with Crippen LogP contribution in [-0.2, 0) is 4.74 Å². The molecule has 1 aromatic carbocycles. The minimum atomic E-state index is -0.440. The van der Waals surface area contributed by atoms with Gasteiger partial charge >= 0.3 is 5.97 Å². The number of amides is 1. The Balaban J connectivity index is 1.49. The molecule has 1 amide bonds. The largest absolute Gasteiger partial charge is 0.465 e. The minimum absolute atomic E-state index is 0.0568. The van der Waals surface area contributed by atoms with Crippen molar-refractivity contribution >= 4 is 11.9 Å². The molecule has 3 fully saturated rings. The second kappa shape index (κ2) is 7.70. The number of β-amino-alcohol motifs (C(OH)–C–C–N with tert-alkyl or cyclic N) is 1. The lowest BCUT2D eigenvalue weighted by atomic mass is 9.83. The highest BCUT2D eigenvalue weighted by Crippen LogP contribution is 2.39. The number of hydrogen-bond donors (Lipinski definition) is 1. The van der Waals surface area contributed by atoms with Gasteiger partial charge < -0.3 is 14.7 Å². The molecule has 3 saturated heterocycles. The summed E-state index contributed by atoms with van der Waals surface area (Å²) in [7, 11) is 1.34. The van der Waals surface area contributed by atoms with E-state index in [2.05, 4.69) is 23.6 Å². The fourth-order valence-corrected chi connectivity index (χ4v) is 5.34. The van der Waals surface area contributed by atoms with Gasteiger partial charge in [-0.2, -0.15) is 0 Å². The zero-order chi connectivity index (χ0) is 20.8. The minimum Gasteiger partial charge on any atom is -0.465 e. The van der Waals surface area contributed by atoms with Crippen LogP contribution in [0.15, 0.2) is 24.3 Å². The van der Waals surface area contributed by atoms with E-state index in [9.17, 15) is 14.7 Å². The molecule has 0 aromatic heterocycles. The van der Waals surface area contributed by atoms with Crippen LogP contribution in [0.1, 0.15) is 41.0 Å². The average molecular weight is 402 g/mol. The monoisotopic (exact) mass is 401 g/mol. The Morgan fingerprint density at radius 3 is 2.62 bits per heavy atom. The van der Waals surface area contributed by atoms with Gasteiger partial charge in [-0.05, 0) is 30.5 Å². The summed E-state index contributed by atoms with van der Waals surface area (Å²) < 4.78 is 4.76. The predicted octanol–water partition coefficient (Wildman–Crippen LogP) is 1.07. The predicted molar refractivity (Wildman–Crippen MR) is 109 cm³/mol. The van der Waals surface area contributed by atoms with Crippen molar-refractivity contribution in [1.82, 2.24) is 14.7 Å². The van der Waals surface area contributed by atoms with Gasteiger partial charge in [0.05, 0.1) is 24.3 Å². The van der Waals surface area contributed by atoms with Gasteiger partial charge in [0.15, 0.2) is 0 Å². The number of rotatable bonds is 4. The third-order valence-corrected chi connectivity index (χ3v) is 6.40. The Kier molecular flexibility index (Phi) is 5.40. The third kappa shape index (κ3) is 3.79. The van der Waals surface area contributed by atoms with Gasteiger partial charge in [-0.1, -0.05) is 19.9 Å². The molecule has 4 rings (SSSR count). The number of esters is 1. The Hall–Kier alpha value is -1.96. The SMILES string of the molecule is COC(=O)c1cccc(C(=O)N2CC3(CN(CC(C)C)C[C@@H]4C[C@@H](O)CN43)C2)c1. The van der Waals surface area contributed by atoms with Gasteiger partial charge in [-0.3, -0.25) is 14.6 Å². The zero-order valence-corrected chi connectivity index (χ0v) is 17.5.